The number of hydrogen-bond donors (Lipinski definition) is 0. The smallest absolute Gasteiger partial charge is 0.331 e. The van der Waals surface area contributed by atoms with Crippen molar-refractivity contribution in [3.8, 4) is 11.4 Å². The minimum absolute atomic E-state index is 0.0601. The van der Waals surface area contributed by atoms with Gasteiger partial charge in [-0.15, -0.1) is 0 Å². The summed E-state index contributed by atoms with van der Waals surface area (Å²) < 4.78 is 11.1. The Kier molecular flexibility index (Phi) is 5.22. The van der Waals surface area contributed by atoms with E-state index in [1.807, 2.05) is 41.9 Å². The molecule has 0 aliphatic heterocycles. The zero-order chi connectivity index (χ0) is 16.9. The summed E-state index contributed by atoms with van der Waals surface area (Å²) in [6, 6.07) is 7.78. The fraction of sp³-hybridized carbons (Fsp3) is 0.118. The quantitative estimate of drug-likeness (QED) is 0.458. The zero-order valence-electron chi connectivity index (χ0n) is 12.7. The average Bonchev–Trinajstić information content (AvgIpc) is 3.23. The Morgan fingerprint density at radius 2 is 2.29 bits per heavy atom. The molecule has 5 nitrogen and oxygen atoms in total. The van der Waals surface area contributed by atoms with Gasteiger partial charge in [0.1, 0.15) is 0 Å². The van der Waals surface area contributed by atoms with E-state index in [9.17, 15) is 4.79 Å². The van der Waals surface area contributed by atoms with Crippen molar-refractivity contribution in [2.45, 2.75) is 13.5 Å². The molecule has 0 spiro atoms. The molecule has 0 atom stereocenters. The standard InChI is InChI=1S/C17H13BrN2O3S/c1-11-2-3-12(14(18)8-11)4-5-16(21)22-9-15-19-17(20-23-15)13-6-7-24-10-13/h2-8,10H,9H2,1H3/b5-4+. The summed E-state index contributed by atoms with van der Waals surface area (Å²) in [5.74, 6) is 0.272. The van der Waals surface area contributed by atoms with E-state index in [0.717, 1.165) is 21.2 Å². The van der Waals surface area contributed by atoms with Crippen LogP contribution in [0.4, 0.5) is 0 Å². The highest BCUT2D eigenvalue weighted by Crippen LogP contribution is 2.20. The Morgan fingerprint density at radius 1 is 1.42 bits per heavy atom. The first-order valence-electron chi connectivity index (χ1n) is 7.08. The summed E-state index contributed by atoms with van der Waals surface area (Å²) in [4.78, 5) is 16.0. The van der Waals surface area contributed by atoms with Gasteiger partial charge in [0.15, 0.2) is 6.61 Å². The largest absolute Gasteiger partial charge is 0.452 e. The summed E-state index contributed by atoms with van der Waals surface area (Å²) in [6.07, 6.45) is 3.06. The Morgan fingerprint density at radius 3 is 3.04 bits per heavy atom. The molecule has 0 amide bonds. The second-order valence-electron chi connectivity index (χ2n) is 4.99. The van der Waals surface area contributed by atoms with Gasteiger partial charge in [0.2, 0.25) is 5.82 Å². The highest BCUT2D eigenvalue weighted by molar-refractivity contribution is 9.10. The maximum Gasteiger partial charge on any atom is 0.331 e. The number of ether oxygens (including phenoxy) is 1. The monoisotopic (exact) mass is 404 g/mol. The molecule has 0 unspecified atom stereocenters. The third kappa shape index (κ3) is 4.18. The molecule has 0 aliphatic rings. The lowest BCUT2D eigenvalue weighted by atomic mass is 10.1. The van der Waals surface area contributed by atoms with Gasteiger partial charge in [-0.1, -0.05) is 33.2 Å². The first-order valence-corrected chi connectivity index (χ1v) is 8.81. The van der Waals surface area contributed by atoms with Gasteiger partial charge in [0, 0.05) is 21.5 Å². The van der Waals surface area contributed by atoms with Gasteiger partial charge >= 0.3 is 5.97 Å². The molecule has 0 bridgehead atoms. The van der Waals surface area contributed by atoms with Crippen molar-refractivity contribution in [2.75, 3.05) is 0 Å². The van der Waals surface area contributed by atoms with Gasteiger partial charge in [0.25, 0.3) is 5.89 Å². The summed E-state index contributed by atoms with van der Waals surface area (Å²) >= 11 is 5.01. The lowest BCUT2D eigenvalue weighted by Crippen LogP contribution is -2.01. The number of aryl methyl sites for hydroxylation is 1. The second kappa shape index (κ2) is 7.55. The predicted molar refractivity (Wildman–Crippen MR) is 95.3 cm³/mol. The van der Waals surface area contributed by atoms with Crippen molar-refractivity contribution in [3.05, 3.63) is 62.6 Å². The number of rotatable bonds is 5. The molecule has 24 heavy (non-hydrogen) atoms. The van der Waals surface area contributed by atoms with Crippen molar-refractivity contribution < 1.29 is 14.1 Å². The number of carbonyl (C=O) groups excluding carboxylic acids is 1. The van der Waals surface area contributed by atoms with E-state index < -0.39 is 5.97 Å². The van der Waals surface area contributed by atoms with Crippen molar-refractivity contribution in [3.63, 3.8) is 0 Å². The molecular formula is C17H13BrN2O3S. The Bertz CT molecular complexity index is 872. The molecule has 3 aromatic rings. The lowest BCUT2D eigenvalue weighted by molar-refractivity contribution is -0.139. The zero-order valence-corrected chi connectivity index (χ0v) is 15.1. The van der Waals surface area contributed by atoms with Crippen LogP contribution in [-0.4, -0.2) is 16.1 Å². The van der Waals surface area contributed by atoms with Crippen LogP contribution >= 0.6 is 27.3 Å². The van der Waals surface area contributed by atoms with Gasteiger partial charge in [-0.2, -0.15) is 16.3 Å². The van der Waals surface area contributed by atoms with Crippen LogP contribution in [-0.2, 0) is 16.1 Å². The van der Waals surface area contributed by atoms with Crippen LogP contribution in [0.2, 0.25) is 0 Å². The molecule has 0 radical (unpaired) electrons. The molecule has 0 fully saturated rings. The summed E-state index contributed by atoms with van der Waals surface area (Å²) in [5.41, 5.74) is 2.92. The minimum Gasteiger partial charge on any atom is -0.452 e. The van der Waals surface area contributed by atoms with Gasteiger partial charge in [-0.05, 0) is 41.6 Å². The van der Waals surface area contributed by atoms with Crippen LogP contribution in [0.25, 0.3) is 17.5 Å². The number of thiophene rings is 1. The molecule has 1 aromatic carbocycles. The van der Waals surface area contributed by atoms with E-state index in [0.29, 0.717) is 5.82 Å². The van der Waals surface area contributed by atoms with Crippen molar-refractivity contribution >= 4 is 39.3 Å². The van der Waals surface area contributed by atoms with Crippen LogP contribution in [0.3, 0.4) is 0 Å². The normalized spacial score (nSPS) is 11.1. The van der Waals surface area contributed by atoms with Crippen LogP contribution < -0.4 is 0 Å². The molecule has 0 N–H and O–H groups in total. The summed E-state index contributed by atoms with van der Waals surface area (Å²) in [6.45, 7) is 1.94. The molecule has 2 aromatic heterocycles. The lowest BCUT2D eigenvalue weighted by Gasteiger charge is -2.00. The maximum absolute atomic E-state index is 11.8. The summed E-state index contributed by atoms with van der Waals surface area (Å²) in [5, 5.41) is 7.70. The van der Waals surface area contributed by atoms with Crippen LogP contribution in [0.15, 0.2) is 50.1 Å². The van der Waals surface area contributed by atoms with Gasteiger partial charge in [-0.3, -0.25) is 0 Å². The molecule has 0 saturated carbocycles. The number of halogens is 1. The van der Waals surface area contributed by atoms with Crippen LogP contribution in [0.1, 0.15) is 17.0 Å². The number of aromatic nitrogens is 2. The molecular weight excluding hydrogens is 392 g/mol. The van der Waals surface area contributed by atoms with Gasteiger partial charge < -0.3 is 9.26 Å². The molecule has 0 aliphatic carbocycles. The molecule has 122 valence electrons. The molecule has 3 rings (SSSR count). The number of hydrogen-bond acceptors (Lipinski definition) is 6. The van der Waals surface area contributed by atoms with Crippen molar-refractivity contribution in [1.29, 1.82) is 0 Å². The number of benzene rings is 1. The minimum atomic E-state index is -0.474. The van der Waals surface area contributed by atoms with E-state index >= 15 is 0 Å². The predicted octanol–water partition coefficient (Wildman–Crippen LogP) is 4.63. The topological polar surface area (TPSA) is 65.2 Å². The fourth-order valence-electron chi connectivity index (χ4n) is 1.93. The van der Waals surface area contributed by atoms with Gasteiger partial charge in [-0.25, -0.2) is 4.79 Å². The van der Waals surface area contributed by atoms with Crippen molar-refractivity contribution in [2.24, 2.45) is 0 Å². The van der Waals surface area contributed by atoms with Crippen molar-refractivity contribution in [1.82, 2.24) is 10.1 Å². The average molecular weight is 405 g/mol. The Labute approximate surface area is 151 Å². The second-order valence-corrected chi connectivity index (χ2v) is 6.62. The summed E-state index contributed by atoms with van der Waals surface area (Å²) in [7, 11) is 0. The first kappa shape index (κ1) is 16.6. The van der Waals surface area contributed by atoms with Crippen LogP contribution in [0, 0.1) is 6.92 Å². The highest BCUT2D eigenvalue weighted by atomic mass is 79.9. The van der Waals surface area contributed by atoms with E-state index in [-0.39, 0.29) is 12.5 Å². The van der Waals surface area contributed by atoms with Gasteiger partial charge in [0.05, 0.1) is 0 Å². The molecule has 0 saturated heterocycles. The van der Waals surface area contributed by atoms with E-state index in [1.54, 1.807) is 17.4 Å². The van der Waals surface area contributed by atoms with E-state index in [4.69, 9.17) is 9.26 Å². The number of esters is 1. The number of carbonyl (C=O) groups is 1. The highest BCUT2D eigenvalue weighted by Gasteiger charge is 2.10. The third-order valence-corrected chi connectivity index (χ3v) is 4.51. The third-order valence-electron chi connectivity index (χ3n) is 3.14. The molecule has 2 heterocycles. The number of nitrogens with zero attached hydrogens (tertiary/aromatic N) is 2. The first-order chi connectivity index (χ1) is 11.6. The van der Waals surface area contributed by atoms with E-state index in [2.05, 4.69) is 26.1 Å². The Balaban J connectivity index is 1.57. The Hall–Kier alpha value is -2.25. The van der Waals surface area contributed by atoms with Crippen LogP contribution in [0.5, 0.6) is 0 Å². The maximum atomic E-state index is 11.8. The van der Waals surface area contributed by atoms with E-state index in [1.165, 1.54) is 6.08 Å². The SMILES string of the molecule is Cc1ccc(/C=C/C(=O)OCc2nc(-c3ccsc3)no2)c(Br)c1. The molecule has 7 heteroatoms. The fourth-order valence-corrected chi connectivity index (χ4v) is 3.19.